The van der Waals surface area contributed by atoms with Gasteiger partial charge in [0.05, 0.1) is 12.1 Å². The Morgan fingerprint density at radius 1 is 1.20 bits per heavy atom. The van der Waals surface area contributed by atoms with Crippen molar-refractivity contribution in [3.8, 4) is 0 Å². The predicted octanol–water partition coefficient (Wildman–Crippen LogP) is 1.39. The number of rotatable bonds is 5. The number of benzene rings is 1. The molecule has 3 amide bonds. The first-order chi connectivity index (χ1) is 14.5. The molecular formula is C20H22FN5O3S. The van der Waals surface area contributed by atoms with Crippen molar-refractivity contribution in [2.24, 2.45) is 0 Å². The first-order valence-corrected chi connectivity index (χ1v) is 10.7. The minimum atomic E-state index is -0.524. The highest BCUT2D eigenvalue weighted by atomic mass is 32.1. The molecule has 158 valence electrons. The molecule has 3 heterocycles. The zero-order valence-corrected chi connectivity index (χ0v) is 17.1. The minimum Gasteiger partial charge on any atom is -0.368 e. The van der Waals surface area contributed by atoms with Gasteiger partial charge in [0.2, 0.25) is 17.7 Å². The van der Waals surface area contributed by atoms with Gasteiger partial charge in [-0.2, -0.15) is 0 Å². The van der Waals surface area contributed by atoms with Crippen molar-refractivity contribution in [1.82, 2.24) is 15.2 Å². The number of nitrogens with one attached hydrogen (secondary N) is 2. The van der Waals surface area contributed by atoms with E-state index in [0.717, 1.165) is 5.69 Å². The maximum Gasteiger partial charge on any atom is 0.248 e. The first-order valence-electron chi connectivity index (χ1n) is 9.81. The molecule has 2 aliphatic heterocycles. The number of amides is 3. The molecule has 2 fully saturated rings. The SMILES string of the molecule is O=C1CC[C@@H](C(=O)Nc2nc(CC(=O)N3CCN(c4ccc(F)cc4)CC3)cs2)N1. The molecule has 0 spiro atoms. The van der Waals surface area contributed by atoms with E-state index in [0.29, 0.717) is 49.8 Å². The number of piperazine rings is 1. The van der Waals surface area contributed by atoms with Gasteiger partial charge in [-0.15, -0.1) is 11.3 Å². The molecule has 0 bridgehead atoms. The summed E-state index contributed by atoms with van der Waals surface area (Å²) in [6.45, 7) is 2.54. The topological polar surface area (TPSA) is 94.6 Å². The van der Waals surface area contributed by atoms with Crippen LogP contribution < -0.4 is 15.5 Å². The number of thiazole rings is 1. The maximum absolute atomic E-state index is 13.1. The molecule has 0 radical (unpaired) electrons. The number of nitrogens with zero attached hydrogens (tertiary/aromatic N) is 3. The zero-order chi connectivity index (χ0) is 21.1. The molecule has 1 aromatic carbocycles. The second kappa shape index (κ2) is 8.78. The fraction of sp³-hybridized carbons (Fsp3) is 0.400. The lowest BCUT2D eigenvalue weighted by atomic mass is 10.2. The van der Waals surface area contributed by atoms with Gasteiger partial charge in [-0.1, -0.05) is 0 Å². The van der Waals surface area contributed by atoms with Crippen LogP contribution in [0.4, 0.5) is 15.2 Å². The summed E-state index contributed by atoms with van der Waals surface area (Å²) in [6, 6.07) is 5.84. The van der Waals surface area contributed by atoms with E-state index < -0.39 is 6.04 Å². The van der Waals surface area contributed by atoms with E-state index >= 15 is 0 Å². The van der Waals surface area contributed by atoms with E-state index in [9.17, 15) is 18.8 Å². The Morgan fingerprint density at radius 2 is 1.93 bits per heavy atom. The van der Waals surface area contributed by atoms with Crippen molar-refractivity contribution >= 4 is 39.9 Å². The Kier molecular flexibility index (Phi) is 5.93. The van der Waals surface area contributed by atoms with E-state index in [1.54, 1.807) is 22.4 Å². The molecule has 0 aliphatic carbocycles. The van der Waals surface area contributed by atoms with E-state index in [-0.39, 0.29) is 30.0 Å². The molecule has 2 saturated heterocycles. The number of anilines is 2. The van der Waals surface area contributed by atoms with Crippen molar-refractivity contribution in [2.75, 3.05) is 36.4 Å². The lowest BCUT2D eigenvalue weighted by Gasteiger charge is -2.36. The second-order valence-electron chi connectivity index (χ2n) is 7.31. The van der Waals surface area contributed by atoms with Crippen molar-refractivity contribution in [1.29, 1.82) is 0 Å². The van der Waals surface area contributed by atoms with Crippen LogP contribution in [-0.2, 0) is 20.8 Å². The smallest absolute Gasteiger partial charge is 0.248 e. The fourth-order valence-corrected chi connectivity index (χ4v) is 4.29. The van der Waals surface area contributed by atoms with Crippen LogP contribution in [0, 0.1) is 5.82 Å². The van der Waals surface area contributed by atoms with Crippen LogP contribution in [0.5, 0.6) is 0 Å². The number of carbonyl (C=O) groups excluding carboxylic acids is 3. The third-order valence-corrected chi connectivity index (χ3v) is 6.06. The summed E-state index contributed by atoms with van der Waals surface area (Å²) < 4.78 is 13.1. The van der Waals surface area contributed by atoms with Gasteiger partial charge in [0.25, 0.3) is 0 Å². The number of hydrogen-bond acceptors (Lipinski definition) is 6. The summed E-state index contributed by atoms with van der Waals surface area (Å²) in [6.07, 6.45) is 0.999. The van der Waals surface area contributed by atoms with Gasteiger partial charge in [-0.3, -0.25) is 14.4 Å². The number of aromatic nitrogens is 1. The quantitative estimate of drug-likeness (QED) is 0.746. The summed E-state index contributed by atoms with van der Waals surface area (Å²) in [5.74, 6) is -0.690. The summed E-state index contributed by atoms with van der Waals surface area (Å²) >= 11 is 1.26. The number of halogens is 1. The van der Waals surface area contributed by atoms with Gasteiger partial charge >= 0.3 is 0 Å². The van der Waals surface area contributed by atoms with Gasteiger partial charge in [0, 0.05) is 43.7 Å². The molecule has 2 aromatic rings. The van der Waals surface area contributed by atoms with Crippen LogP contribution in [0.15, 0.2) is 29.6 Å². The number of carbonyl (C=O) groups is 3. The van der Waals surface area contributed by atoms with E-state index in [1.165, 1.54) is 23.5 Å². The maximum atomic E-state index is 13.1. The lowest BCUT2D eigenvalue weighted by Crippen LogP contribution is -2.49. The largest absolute Gasteiger partial charge is 0.368 e. The Morgan fingerprint density at radius 3 is 2.60 bits per heavy atom. The van der Waals surface area contributed by atoms with Crippen LogP contribution >= 0.6 is 11.3 Å². The fourth-order valence-electron chi connectivity index (χ4n) is 3.58. The summed E-state index contributed by atoms with van der Waals surface area (Å²) in [5.41, 5.74) is 1.55. The third kappa shape index (κ3) is 4.76. The molecule has 2 aliphatic rings. The van der Waals surface area contributed by atoms with Crippen LogP contribution in [0.3, 0.4) is 0 Å². The molecule has 1 aromatic heterocycles. The molecule has 8 nitrogen and oxygen atoms in total. The summed E-state index contributed by atoms with van der Waals surface area (Å²) in [4.78, 5) is 44.3. The first kappa shape index (κ1) is 20.3. The predicted molar refractivity (Wildman–Crippen MR) is 111 cm³/mol. The van der Waals surface area contributed by atoms with Gasteiger partial charge in [0.1, 0.15) is 11.9 Å². The molecule has 1 atom stereocenters. The van der Waals surface area contributed by atoms with Crippen LogP contribution in [0.25, 0.3) is 0 Å². The minimum absolute atomic E-state index is 0.0139. The molecule has 0 unspecified atom stereocenters. The van der Waals surface area contributed by atoms with Gasteiger partial charge in [-0.25, -0.2) is 9.37 Å². The Labute approximate surface area is 177 Å². The Balaban J connectivity index is 1.26. The van der Waals surface area contributed by atoms with Gasteiger partial charge in [-0.05, 0) is 30.7 Å². The average Bonchev–Trinajstić information content (AvgIpc) is 3.37. The van der Waals surface area contributed by atoms with E-state index in [1.807, 2.05) is 0 Å². The van der Waals surface area contributed by atoms with Crippen molar-refractivity contribution < 1.29 is 18.8 Å². The molecule has 4 rings (SSSR count). The van der Waals surface area contributed by atoms with E-state index in [4.69, 9.17) is 0 Å². The highest BCUT2D eigenvalue weighted by molar-refractivity contribution is 7.13. The van der Waals surface area contributed by atoms with Gasteiger partial charge in [0.15, 0.2) is 5.13 Å². The molecular weight excluding hydrogens is 409 g/mol. The molecule has 10 heteroatoms. The highest BCUT2D eigenvalue weighted by Crippen LogP contribution is 2.20. The average molecular weight is 431 g/mol. The Bertz CT molecular complexity index is 940. The van der Waals surface area contributed by atoms with Crippen molar-refractivity contribution in [3.63, 3.8) is 0 Å². The van der Waals surface area contributed by atoms with Crippen LogP contribution in [-0.4, -0.2) is 59.8 Å². The molecule has 2 N–H and O–H groups in total. The van der Waals surface area contributed by atoms with Crippen LogP contribution in [0.1, 0.15) is 18.5 Å². The van der Waals surface area contributed by atoms with Crippen molar-refractivity contribution in [3.05, 3.63) is 41.2 Å². The molecule has 30 heavy (non-hydrogen) atoms. The van der Waals surface area contributed by atoms with Crippen LogP contribution in [0.2, 0.25) is 0 Å². The summed E-state index contributed by atoms with van der Waals surface area (Å²) in [7, 11) is 0. The zero-order valence-electron chi connectivity index (χ0n) is 16.3. The van der Waals surface area contributed by atoms with Crippen molar-refractivity contribution in [2.45, 2.75) is 25.3 Å². The van der Waals surface area contributed by atoms with Gasteiger partial charge < -0.3 is 20.4 Å². The second-order valence-corrected chi connectivity index (χ2v) is 8.17. The standard InChI is InChI=1S/C20H22FN5O3S/c21-13-1-3-15(4-2-13)25-7-9-26(10-8-25)18(28)11-14-12-30-20(22-14)24-19(29)16-5-6-17(27)23-16/h1-4,12,16H,5-11H2,(H,23,27)(H,22,24,29)/t16-/m0/s1. The Hall–Kier alpha value is -3.01. The normalized spacial score (nSPS) is 19.0. The third-order valence-electron chi connectivity index (χ3n) is 5.25. The van der Waals surface area contributed by atoms with E-state index in [2.05, 4.69) is 20.5 Å². The number of hydrogen-bond donors (Lipinski definition) is 2. The monoisotopic (exact) mass is 431 g/mol. The lowest BCUT2D eigenvalue weighted by molar-refractivity contribution is -0.130. The summed E-state index contributed by atoms with van der Waals surface area (Å²) in [5, 5.41) is 7.50. The molecule has 0 saturated carbocycles. The highest BCUT2D eigenvalue weighted by Gasteiger charge is 2.28.